The molecule has 1 fully saturated rings. The number of nitrogens with one attached hydrogen (secondary N) is 1. The molecular weight excluding hydrogens is 196 g/mol. The van der Waals surface area contributed by atoms with Crippen LogP contribution >= 0.6 is 11.6 Å². The highest BCUT2D eigenvalue weighted by Gasteiger charge is 2.48. The Kier molecular flexibility index (Phi) is 1.55. The largest absolute Gasteiger partial charge is 0.381 e. The zero-order valence-electron chi connectivity index (χ0n) is 8.18. The van der Waals surface area contributed by atoms with Crippen molar-refractivity contribution in [3.8, 4) is 0 Å². The van der Waals surface area contributed by atoms with Crippen molar-refractivity contribution in [2.75, 3.05) is 23.8 Å². The summed E-state index contributed by atoms with van der Waals surface area (Å²) in [4.78, 5) is 2.38. The second-order valence-electron chi connectivity index (χ2n) is 4.30. The number of nitrogens with zero attached hydrogens (tertiary/aromatic N) is 1. The summed E-state index contributed by atoms with van der Waals surface area (Å²) in [5.74, 6) is 0. The van der Waals surface area contributed by atoms with Crippen LogP contribution in [0.2, 0.25) is 5.02 Å². The Balaban J connectivity index is 2.09. The molecule has 1 aromatic rings. The van der Waals surface area contributed by atoms with Gasteiger partial charge in [0.15, 0.2) is 0 Å². The average molecular weight is 209 g/mol. The standard InChI is InChI=1S/C11H13ClN2/c1-14-10-6-8(12)2-3-9(10)13-7-11(14)4-5-11/h2-3,6,13H,4-5,7H2,1H3. The fraction of sp³-hybridized carbons (Fsp3) is 0.455. The Morgan fingerprint density at radius 3 is 2.93 bits per heavy atom. The average Bonchev–Trinajstić information content (AvgIpc) is 2.94. The molecule has 2 nitrogen and oxygen atoms in total. The zero-order valence-corrected chi connectivity index (χ0v) is 8.93. The number of hydrogen-bond donors (Lipinski definition) is 1. The minimum Gasteiger partial charge on any atom is -0.381 e. The van der Waals surface area contributed by atoms with Gasteiger partial charge in [0, 0.05) is 18.6 Å². The van der Waals surface area contributed by atoms with Crippen LogP contribution < -0.4 is 10.2 Å². The molecule has 0 saturated heterocycles. The van der Waals surface area contributed by atoms with E-state index < -0.39 is 0 Å². The first kappa shape index (κ1) is 8.42. The second-order valence-corrected chi connectivity index (χ2v) is 4.73. The molecular formula is C11H13ClN2. The van der Waals surface area contributed by atoms with Crippen molar-refractivity contribution < 1.29 is 0 Å². The molecule has 0 aromatic heterocycles. The van der Waals surface area contributed by atoms with E-state index in [1.807, 2.05) is 12.1 Å². The van der Waals surface area contributed by atoms with E-state index in [1.54, 1.807) is 0 Å². The van der Waals surface area contributed by atoms with Crippen molar-refractivity contribution in [2.24, 2.45) is 0 Å². The van der Waals surface area contributed by atoms with Crippen molar-refractivity contribution in [3.05, 3.63) is 23.2 Å². The van der Waals surface area contributed by atoms with E-state index in [0.29, 0.717) is 5.54 Å². The molecule has 14 heavy (non-hydrogen) atoms. The number of hydrogen-bond acceptors (Lipinski definition) is 2. The summed E-state index contributed by atoms with van der Waals surface area (Å²) in [6.45, 7) is 1.07. The van der Waals surface area contributed by atoms with Gasteiger partial charge in [0.1, 0.15) is 0 Å². The van der Waals surface area contributed by atoms with Crippen LogP contribution in [0.25, 0.3) is 0 Å². The maximum atomic E-state index is 6.00. The second kappa shape index (κ2) is 2.57. The highest BCUT2D eigenvalue weighted by molar-refractivity contribution is 6.31. The molecule has 0 unspecified atom stereocenters. The Morgan fingerprint density at radius 2 is 2.21 bits per heavy atom. The van der Waals surface area contributed by atoms with Gasteiger partial charge in [-0.3, -0.25) is 0 Å². The third-order valence-electron chi connectivity index (χ3n) is 3.47. The van der Waals surface area contributed by atoms with Crippen LogP contribution in [0, 0.1) is 0 Å². The molecule has 1 saturated carbocycles. The molecule has 1 aromatic carbocycles. The quantitative estimate of drug-likeness (QED) is 0.706. The van der Waals surface area contributed by atoms with Crippen LogP contribution in [-0.2, 0) is 0 Å². The predicted octanol–water partition coefficient (Wildman–Crippen LogP) is 2.73. The van der Waals surface area contributed by atoms with E-state index in [1.165, 1.54) is 24.2 Å². The van der Waals surface area contributed by atoms with Gasteiger partial charge in [0.05, 0.1) is 16.9 Å². The van der Waals surface area contributed by atoms with Gasteiger partial charge >= 0.3 is 0 Å². The van der Waals surface area contributed by atoms with Crippen molar-refractivity contribution >= 4 is 23.0 Å². The highest BCUT2D eigenvalue weighted by Crippen LogP contribution is 2.48. The summed E-state index contributed by atoms with van der Waals surface area (Å²) in [5.41, 5.74) is 2.83. The SMILES string of the molecule is CN1c2cc(Cl)ccc2NCC12CC2. The Labute approximate surface area is 88.9 Å². The summed E-state index contributed by atoms with van der Waals surface area (Å²) in [6.07, 6.45) is 2.59. The van der Waals surface area contributed by atoms with Crippen LogP contribution in [0.1, 0.15) is 12.8 Å². The molecule has 0 atom stereocenters. The summed E-state index contributed by atoms with van der Waals surface area (Å²) < 4.78 is 0. The molecule has 0 amide bonds. The number of fused-ring (bicyclic) bond motifs is 1. The Morgan fingerprint density at radius 1 is 1.43 bits per heavy atom. The normalized spacial score (nSPS) is 21.7. The topological polar surface area (TPSA) is 15.3 Å². The molecule has 3 heteroatoms. The van der Waals surface area contributed by atoms with Crippen LogP contribution in [0.4, 0.5) is 11.4 Å². The van der Waals surface area contributed by atoms with Gasteiger partial charge in [-0.2, -0.15) is 0 Å². The maximum Gasteiger partial charge on any atom is 0.0619 e. The number of benzene rings is 1. The maximum absolute atomic E-state index is 6.00. The van der Waals surface area contributed by atoms with Crippen LogP contribution in [0.3, 0.4) is 0 Å². The van der Waals surface area contributed by atoms with E-state index in [0.717, 1.165) is 11.6 Å². The smallest absolute Gasteiger partial charge is 0.0619 e. The lowest BCUT2D eigenvalue weighted by atomic mass is 10.1. The molecule has 3 rings (SSSR count). The third-order valence-corrected chi connectivity index (χ3v) is 3.70. The van der Waals surface area contributed by atoms with Crippen LogP contribution in [0.5, 0.6) is 0 Å². The summed E-state index contributed by atoms with van der Waals surface area (Å²) >= 11 is 6.00. The molecule has 1 N–H and O–H groups in total. The number of rotatable bonds is 0. The highest BCUT2D eigenvalue weighted by atomic mass is 35.5. The summed E-state index contributed by atoms with van der Waals surface area (Å²) in [6, 6.07) is 6.04. The van der Waals surface area contributed by atoms with E-state index in [4.69, 9.17) is 11.6 Å². The molecule has 0 radical (unpaired) electrons. The number of anilines is 2. The molecule has 2 aliphatic rings. The van der Waals surface area contributed by atoms with Crippen LogP contribution in [0.15, 0.2) is 18.2 Å². The minimum absolute atomic E-state index is 0.387. The van der Waals surface area contributed by atoms with Gasteiger partial charge < -0.3 is 10.2 Å². The fourth-order valence-electron chi connectivity index (χ4n) is 2.22. The molecule has 74 valence electrons. The first-order valence-corrected chi connectivity index (χ1v) is 5.36. The van der Waals surface area contributed by atoms with Gasteiger partial charge in [0.2, 0.25) is 0 Å². The minimum atomic E-state index is 0.387. The van der Waals surface area contributed by atoms with Crippen molar-refractivity contribution in [1.29, 1.82) is 0 Å². The Bertz CT molecular complexity index is 385. The molecule has 1 aliphatic carbocycles. The first-order chi connectivity index (χ1) is 6.71. The van der Waals surface area contributed by atoms with E-state index in [9.17, 15) is 0 Å². The van der Waals surface area contributed by atoms with Gasteiger partial charge in [-0.1, -0.05) is 11.6 Å². The first-order valence-electron chi connectivity index (χ1n) is 4.99. The Hall–Kier alpha value is -0.890. The predicted molar refractivity (Wildman–Crippen MR) is 60.3 cm³/mol. The van der Waals surface area contributed by atoms with Crippen LogP contribution in [-0.4, -0.2) is 19.1 Å². The molecule has 0 bridgehead atoms. The van der Waals surface area contributed by atoms with Gasteiger partial charge in [-0.15, -0.1) is 0 Å². The zero-order chi connectivity index (χ0) is 9.76. The lowest BCUT2D eigenvalue weighted by Crippen LogP contribution is -2.43. The van der Waals surface area contributed by atoms with Crippen molar-refractivity contribution in [2.45, 2.75) is 18.4 Å². The van der Waals surface area contributed by atoms with Gasteiger partial charge in [-0.25, -0.2) is 0 Å². The van der Waals surface area contributed by atoms with E-state index in [-0.39, 0.29) is 0 Å². The molecule has 1 spiro atoms. The summed E-state index contributed by atoms with van der Waals surface area (Å²) in [7, 11) is 2.17. The van der Waals surface area contributed by atoms with Gasteiger partial charge in [0.25, 0.3) is 0 Å². The van der Waals surface area contributed by atoms with E-state index in [2.05, 4.69) is 23.3 Å². The van der Waals surface area contributed by atoms with Gasteiger partial charge in [-0.05, 0) is 31.0 Å². The third kappa shape index (κ3) is 1.04. The lowest BCUT2D eigenvalue weighted by Gasteiger charge is -2.37. The number of likely N-dealkylation sites (N-methyl/N-ethyl adjacent to an activating group) is 1. The molecule has 1 heterocycles. The molecule has 1 aliphatic heterocycles. The van der Waals surface area contributed by atoms with Crippen molar-refractivity contribution in [1.82, 2.24) is 0 Å². The van der Waals surface area contributed by atoms with Crippen molar-refractivity contribution in [3.63, 3.8) is 0 Å². The van der Waals surface area contributed by atoms with E-state index >= 15 is 0 Å². The number of halogens is 1. The summed E-state index contributed by atoms with van der Waals surface area (Å²) in [5, 5.41) is 4.29. The lowest BCUT2D eigenvalue weighted by molar-refractivity contribution is 0.641. The fourth-order valence-corrected chi connectivity index (χ4v) is 2.39. The monoisotopic (exact) mass is 208 g/mol.